The zero-order valence-electron chi connectivity index (χ0n) is 19.2. The standard InChI is InChI=1S/C26H33N3O3S/c1-19-16-22-17-24(10-11-25(22)29(19)26(30)21-8-5-9-21)33(31,32)27-23-12-14-28(15-13-23)18-20-6-3-2-4-7-20/h2-4,6-7,10-11,17,19,21,23,27H,5,8-9,12-16,18H2,1H3. The summed E-state index contributed by atoms with van der Waals surface area (Å²) in [4.78, 5) is 17.5. The molecule has 1 saturated carbocycles. The number of hydrogen-bond acceptors (Lipinski definition) is 4. The smallest absolute Gasteiger partial charge is 0.240 e. The van der Waals surface area contributed by atoms with Crippen molar-refractivity contribution < 1.29 is 13.2 Å². The summed E-state index contributed by atoms with van der Waals surface area (Å²) >= 11 is 0. The third-order valence-corrected chi connectivity index (χ3v) is 8.95. The van der Waals surface area contributed by atoms with E-state index in [9.17, 15) is 13.2 Å². The van der Waals surface area contributed by atoms with E-state index in [1.165, 1.54) is 5.56 Å². The second kappa shape index (κ2) is 9.20. The van der Waals surface area contributed by atoms with E-state index in [1.807, 2.05) is 24.0 Å². The molecule has 2 heterocycles. The molecule has 5 rings (SSSR count). The largest absolute Gasteiger partial charge is 0.309 e. The molecule has 1 aliphatic carbocycles. The first-order valence-corrected chi connectivity index (χ1v) is 13.6. The molecule has 176 valence electrons. The molecule has 33 heavy (non-hydrogen) atoms. The topological polar surface area (TPSA) is 69.7 Å². The second-order valence-corrected chi connectivity index (χ2v) is 11.6. The highest BCUT2D eigenvalue weighted by Gasteiger charge is 2.37. The average Bonchev–Trinajstić information content (AvgIpc) is 3.09. The molecule has 0 bridgehead atoms. The molecular formula is C26H33N3O3S. The first-order chi connectivity index (χ1) is 15.9. The number of nitrogens with one attached hydrogen (secondary N) is 1. The summed E-state index contributed by atoms with van der Waals surface area (Å²) < 4.78 is 29.2. The highest BCUT2D eigenvalue weighted by Crippen LogP contribution is 2.38. The summed E-state index contributed by atoms with van der Waals surface area (Å²) in [6.45, 7) is 4.70. The summed E-state index contributed by atoms with van der Waals surface area (Å²) in [7, 11) is -3.59. The van der Waals surface area contributed by atoms with E-state index >= 15 is 0 Å². The number of benzene rings is 2. The van der Waals surface area contributed by atoms with Crippen LogP contribution in [-0.2, 0) is 27.8 Å². The first-order valence-electron chi connectivity index (χ1n) is 12.2. The van der Waals surface area contributed by atoms with Gasteiger partial charge in [-0.15, -0.1) is 0 Å². The lowest BCUT2D eigenvalue weighted by Gasteiger charge is -2.32. The van der Waals surface area contributed by atoms with Crippen molar-refractivity contribution in [1.82, 2.24) is 9.62 Å². The summed E-state index contributed by atoms with van der Waals surface area (Å²) in [6.07, 6.45) is 5.37. The molecule has 2 fully saturated rings. The van der Waals surface area contributed by atoms with Crippen LogP contribution in [0.3, 0.4) is 0 Å². The highest BCUT2D eigenvalue weighted by atomic mass is 32.2. The van der Waals surface area contributed by atoms with Crippen LogP contribution in [0.2, 0.25) is 0 Å². The SMILES string of the molecule is CC1Cc2cc(S(=O)(=O)NC3CCN(Cc4ccccc4)CC3)ccc2N1C(=O)C1CCC1. The number of fused-ring (bicyclic) bond motifs is 1. The van der Waals surface area contributed by atoms with Gasteiger partial charge in [-0.2, -0.15) is 0 Å². The van der Waals surface area contributed by atoms with Crippen molar-refractivity contribution in [2.24, 2.45) is 5.92 Å². The maximum atomic E-state index is 13.1. The number of piperidine rings is 1. The third-order valence-electron chi connectivity index (χ3n) is 7.43. The van der Waals surface area contributed by atoms with E-state index in [0.29, 0.717) is 11.3 Å². The number of hydrogen-bond donors (Lipinski definition) is 1. The molecule has 2 aromatic carbocycles. The Bertz CT molecular complexity index is 1110. The maximum Gasteiger partial charge on any atom is 0.240 e. The first kappa shape index (κ1) is 22.6. The lowest BCUT2D eigenvalue weighted by molar-refractivity contribution is -0.125. The predicted octanol–water partition coefficient (Wildman–Crippen LogP) is 3.71. The fourth-order valence-electron chi connectivity index (χ4n) is 5.30. The van der Waals surface area contributed by atoms with Gasteiger partial charge in [0.1, 0.15) is 0 Å². The normalized spacial score (nSPS) is 22.2. The van der Waals surface area contributed by atoms with Crippen LogP contribution < -0.4 is 9.62 Å². The Balaban J connectivity index is 1.22. The minimum atomic E-state index is -3.59. The van der Waals surface area contributed by atoms with Crippen LogP contribution in [0.25, 0.3) is 0 Å². The van der Waals surface area contributed by atoms with Gasteiger partial charge in [0.25, 0.3) is 0 Å². The number of nitrogens with zero attached hydrogens (tertiary/aromatic N) is 2. The molecule has 2 aromatic rings. The second-order valence-electron chi connectivity index (χ2n) is 9.84. The molecule has 1 atom stereocenters. The van der Waals surface area contributed by atoms with E-state index in [2.05, 4.69) is 33.9 Å². The molecule has 1 amide bonds. The maximum absolute atomic E-state index is 13.1. The lowest BCUT2D eigenvalue weighted by atomic mass is 9.84. The number of rotatable bonds is 6. The van der Waals surface area contributed by atoms with Gasteiger partial charge in [0.05, 0.1) is 4.90 Å². The van der Waals surface area contributed by atoms with Crippen molar-refractivity contribution >= 4 is 21.6 Å². The minimum Gasteiger partial charge on any atom is -0.309 e. The zero-order chi connectivity index (χ0) is 23.0. The molecule has 2 aliphatic heterocycles. The van der Waals surface area contributed by atoms with Gasteiger partial charge >= 0.3 is 0 Å². The summed E-state index contributed by atoms with van der Waals surface area (Å²) in [5.74, 6) is 0.333. The summed E-state index contributed by atoms with van der Waals surface area (Å²) in [5.41, 5.74) is 3.12. The molecule has 0 spiro atoms. The Morgan fingerprint density at radius 3 is 2.42 bits per heavy atom. The zero-order valence-corrected chi connectivity index (χ0v) is 20.1. The van der Waals surface area contributed by atoms with E-state index < -0.39 is 10.0 Å². The van der Waals surface area contributed by atoms with Crippen molar-refractivity contribution in [3.05, 3.63) is 59.7 Å². The van der Waals surface area contributed by atoms with Gasteiger partial charge in [-0.1, -0.05) is 36.8 Å². The third kappa shape index (κ3) is 4.72. The molecule has 1 N–H and O–H groups in total. The monoisotopic (exact) mass is 467 g/mol. The molecule has 6 nitrogen and oxygen atoms in total. The van der Waals surface area contributed by atoms with E-state index in [1.54, 1.807) is 12.1 Å². The molecule has 1 saturated heterocycles. The Morgan fingerprint density at radius 1 is 1.03 bits per heavy atom. The number of sulfonamides is 1. The van der Waals surface area contributed by atoms with Crippen molar-refractivity contribution in [3.63, 3.8) is 0 Å². The fraction of sp³-hybridized carbons (Fsp3) is 0.500. The summed E-state index contributed by atoms with van der Waals surface area (Å²) in [6, 6.07) is 15.7. The van der Waals surface area contributed by atoms with Crippen LogP contribution in [-0.4, -0.2) is 44.4 Å². The van der Waals surface area contributed by atoms with Crippen LogP contribution in [0.4, 0.5) is 5.69 Å². The van der Waals surface area contributed by atoms with Gasteiger partial charge in [-0.05, 0) is 68.4 Å². The van der Waals surface area contributed by atoms with Crippen LogP contribution in [0.1, 0.15) is 50.2 Å². The summed E-state index contributed by atoms with van der Waals surface area (Å²) in [5, 5.41) is 0. The van der Waals surface area contributed by atoms with Crippen LogP contribution in [0.5, 0.6) is 0 Å². The predicted molar refractivity (Wildman–Crippen MR) is 129 cm³/mol. The van der Waals surface area contributed by atoms with E-state index in [-0.39, 0.29) is 23.9 Å². The Labute approximate surface area is 197 Å². The molecule has 3 aliphatic rings. The Hall–Kier alpha value is -2.22. The quantitative estimate of drug-likeness (QED) is 0.703. The van der Waals surface area contributed by atoms with Gasteiger partial charge in [0, 0.05) is 43.3 Å². The fourth-order valence-corrected chi connectivity index (χ4v) is 6.66. The Kier molecular flexibility index (Phi) is 6.29. The van der Waals surface area contributed by atoms with E-state index in [4.69, 9.17) is 0 Å². The van der Waals surface area contributed by atoms with Gasteiger partial charge in [-0.3, -0.25) is 9.69 Å². The van der Waals surface area contributed by atoms with Crippen LogP contribution >= 0.6 is 0 Å². The van der Waals surface area contributed by atoms with Crippen molar-refractivity contribution in [3.8, 4) is 0 Å². The lowest BCUT2D eigenvalue weighted by Crippen LogP contribution is -2.44. The number of carbonyl (C=O) groups is 1. The highest BCUT2D eigenvalue weighted by molar-refractivity contribution is 7.89. The number of likely N-dealkylation sites (tertiary alicyclic amines) is 1. The molecule has 1 unspecified atom stereocenters. The number of anilines is 1. The van der Waals surface area contributed by atoms with Crippen molar-refractivity contribution in [1.29, 1.82) is 0 Å². The number of carbonyl (C=O) groups excluding carboxylic acids is 1. The van der Waals surface area contributed by atoms with Crippen LogP contribution in [0.15, 0.2) is 53.4 Å². The molecular weight excluding hydrogens is 434 g/mol. The van der Waals surface area contributed by atoms with Crippen molar-refractivity contribution in [2.45, 2.75) is 69.0 Å². The van der Waals surface area contributed by atoms with Gasteiger partial charge in [0.15, 0.2) is 0 Å². The Morgan fingerprint density at radius 2 is 1.76 bits per heavy atom. The van der Waals surface area contributed by atoms with E-state index in [0.717, 1.165) is 63.0 Å². The van der Waals surface area contributed by atoms with Gasteiger partial charge < -0.3 is 4.90 Å². The molecule has 7 heteroatoms. The molecule has 0 radical (unpaired) electrons. The van der Waals surface area contributed by atoms with Gasteiger partial charge in [-0.25, -0.2) is 13.1 Å². The average molecular weight is 468 g/mol. The van der Waals surface area contributed by atoms with Gasteiger partial charge in [0.2, 0.25) is 15.9 Å². The van der Waals surface area contributed by atoms with Crippen molar-refractivity contribution in [2.75, 3.05) is 18.0 Å². The molecule has 0 aromatic heterocycles. The minimum absolute atomic E-state index is 0.0501. The van der Waals surface area contributed by atoms with Crippen LogP contribution in [0, 0.1) is 5.92 Å². The number of amides is 1.